The van der Waals surface area contributed by atoms with Crippen molar-refractivity contribution < 1.29 is 23.1 Å². The Bertz CT molecular complexity index is 639. The molecule has 0 spiro atoms. The Labute approximate surface area is 123 Å². The molecule has 0 unspecified atom stereocenters. The summed E-state index contributed by atoms with van der Waals surface area (Å²) in [6, 6.07) is 6.20. The fourth-order valence-corrected chi connectivity index (χ4v) is 3.86. The first-order valence-electron chi connectivity index (χ1n) is 6.68. The minimum atomic E-state index is -2.96. The fourth-order valence-electron chi connectivity index (χ4n) is 2.37. The van der Waals surface area contributed by atoms with Gasteiger partial charge in [0.15, 0.2) is 0 Å². The lowest BCUT2D eigenvalue weighted by Crippen LogP contribution is -2.41. The first-order valence-corrected chi connectivity index (χ1v) is 8.50. The van der Waals surface area contributed by atoms with Gasteiger partial charge >= 0.3 is 5.97 Å². The standard InChI is InChI=1S/C14H17NO5S/c16-13(15-11-5-7-21(19,20)8-6-11)9-10-3-1-2-4-12(10)14(17)18/h1-4,11H,5-9H2,(H,15,16)(H,17,18). The van der Waals surface area contributed by atoms with Gasteiger partial charge in [-0.15, -0.1) is 0 Å². The molecule has 2 N–H and O–H groups in total. The molecule has 1 amide bonds. The van der Waals surface area contributed by atoms with Gasteiger partial charge in [0.1, 0.15) is 9.84 Å². The van der Waals surface area contributed by atoms with Gasteiger partial charge in [0.2, 0.25) is 5.91 Å². The van der Waals surface area contributed by atoms with Crippen molar-refractivity contribution in [3.8, 4) is 0 Å². The zero-order valence-electron chi connectivity index (χ0n) is 11.4. The average molecular weight is 311 g/mol. The second kappa shape index (κ2) is 6.26. The molecule has 1 fully saturated rings. The number of rotatable bonds is 4. The van der Waals surface area contributed by atoms with Gasteiger partial charge < -0.3 is 10.4 Å². The number of carboxylic acid groups (broad SMARTS) is 1. The molecule has 0 aromatic heterocycles. The number of carbonyl (C=O) groups is 2. The summed E-state index contributed by atoms with van der Waals surface area (Å²) in [5.41, 5.74) is 0.560. The van der Waals surface area contributed by atoms with Crippen molar-refractivity contribution in [3.05, 3.63) is 35.4 Å². The van der Waals surface area contributed by atoms with E-state index in [1.165, 1.54) is 6.07 Å². The number of nitrogens with one attached hydrogen (secondary N) is 1. The van der Waals surface area contributed by atoms with Crippen molar-refractivity contribution in [1.82, 2.24) is 5.32 Å². The predicted molar refractivity (Wildman–Crippen MR) is 76.9 cm³/mol. The minimum Gasteiger partial charge on any atom is -0.478 e. The van der Waals surface area contributed by atoms with Crippen LogP contribution in [0, 0.1) is 0 Å². The average Bonchev–Trinajstić information content (AvgIpc) is 2.41. The molecule has 2 rings (SSSR count). The van der Waals surface area contributed by atoms with Crippen LogP contribution in [0.5, 0.6) is 0 Å². The van der Waals surface area contributed by atoms with Gasteiger partial charge in [-0.3, -0.25) is 4.79 Å². The second-order valence-electron chi connectivity index (χ2n) is 5.13. The van der Waals surface area contributed by atoms with E-state index in [0.29, 0.717) is 18.4 Å². The van der Waals surface area contributed by atoms with Gasteiger partial charge in [0, 0.05) is 6.04 Å². The highest BCUT2D eigenvalue weighted by Gasteiger charge is 2.24. The smallest absolute Gasteiger partial charge is 0.335 e. The molecule has 1 aromatic carbocycles. The molecular weight excluding hydrogens is 294 g/mol. The Balaban J connectivity index is 1.95. The van der Waals surface area contributed by atoms with Crippen LogP contribution in [-0.2, 0) is 21.1 Å². The van der Waals surface area contributed by atoms with Crippen molar-refractivity contribution in [1.29, 1.82) is 0 Å². The molecule has 0 atom stereocenters. The molecule has 0 aliphatic carbocycles. The van der Waals surface area contributed by atoms with Gasteiger partial charge in [-0.1, -0.05) is 18.2 Å². The molecule has 0 saturated carbocycles. The quantitative estimate of drug-likeness (QED) is 0.849. The number of hydrogen-bond acceptors (Lipinski definition) is 4. The van der Waals surface area contributed by atoms with Gasteiger partial charge in [-0.2, -0.15) is 0 Å². The zero-order valence-corrected chi connectivity index (χ0v) is 12.2. The molecule has 7 heteroatoms. The van der Waals surface area contributed by atoms with E-state index in [1.54, 1.807) is 18.2 Å². The predicted octanol–water partition coefficient (Wildman–Crippen LogP) is 0.621. The fraction of sp³-hybridized carbons (Fsp3) is 0.429. The van der Waals surface area contributed by atoms with Crippen LogP contribution in [0.3, 0.4) is 0 Å². The molecule has 0 bridgehead atoms. The topological polar surface area (TPSA) is 101 Å². The summed E-state index contributed by atoms with van der Waals surface area (Å²) in [4.78, 5) is 23.0. The number of hydrogen-bond donors (Lipinski definition) is 2. The monoisotopic (exact) mass is 311 g/mol. The van der Waals surface area contributed by atoms with Crippen LogP contribution in [0.2, 0.25) is 0 Å². The molecule has 21 heavy (non-hydrogen) atoms. The van der Waals surface area contributed by atoms with Crippen LogP contribution in [0.4, 0.5) is 0 Å². The highest BCUT2D eigenvalue weighted by Crippen LogP contribution is 2.13. The zero-order chi connectivity index (χ0) is 15.5. The molecule has 0 radical (unpaired) electrons. The Hall–Kier alpha value is -1.89. The van der Waals surface area contributed by atoms with E-state index >= 15 is 0 Å². The van der Waals surface area contributed by atoms with Crippen LogP contribution in [0.15, 0.2) is 24.3 Å². The van der Waals surface area contributed by atoms with E-state index in [1.807, 2.05) is 0 Å². The van der Waals surface area contributed by atoms with E-state index in [2.05, 4.69) is 5.32 Å². The number of carboxylic acids is 1. The Morgan fingerprint density at radius 1 is 1.19 bits per heavy atom. The van der Waals surface area contributed by atoms with Crippen molar-refractivity contribution in [3.63, 3.8) is 0 Å². The normalized spacial score (nSPS) is 18.1. The van der Waals surface area contributed by atoms with Crippen molar-refractivity contribution in [2.75, 3.05) is 11.5 Å². The highest BCUT2D eigenvalue weighted by atomic mass is 32.2. The van der Waals surface area contributed by atoms with E-state index in [9.17, 15) is 18.0 Å². The first-order chi connectivity index (χ1) is 9.87. The third-order valence-corrected chi connectivity index (χ3v) is 5.23. The van der Waals surface area contributed by atoms with Gasteiger partial charge in [0.05, 0.1) is 23.5 Å². The first kappa shape index (κ1) is 15.5. The Morgan fingerprint density at radius 2 is 1.81 bits per heavy atom. The largest absolute Gasteiger partial charge is 0.478 e. The molecule has 1 saturated heterocycles. The van der Waals surface area contributed by atoms with E-state index < -0.39 is 15.8 Å². The highest BCUT2D eigenvalue weighted by molar-refractivity contribution is 7.91. The van der Waals surface area contributed by atoms with E-state index in [0.717, 1.165) is 0 Å². The van der Waals surface area contributed by atoms with Gasteiger partial charge in [-0.05, 0) is 24.5 Å². The molecular formula is C14H17NO5S. The summed E-state index contributed by atoms with van der Waals surface area (Å²) in [6.07, 6.45) is 0.801. The van der Waals surface area contributed by atoms with Crippen molar-refractivity contribution in [2.24, 2.45) is 0 Å². The lowest BCUT2D eigenvalue weighted by atomic mass is 10.0. The third-order valence-electron chi connectivity index (χ3n) is 3.52. The van der Waals surface area contributed by atoms with E-state index in [-0.39, 0.29) is 35.4 Å². The minimum absolute atomic E-state index is 0.0221. The molecule has 6 nitrogen and oxygen atoms in total. The maximum Gasteiger partial charge on any atom is 0.335 e. The van der Waals surface area contributed by atoms with Crippen LogP contribution in [0.25, 0.3) is 0 Å². The molecule has 1 aliphatic rings. The maximum atomic E-state index is 12.0. The number of carbonyl (C=O) groups excluding carboxylic acids is 1. The summed E-state index contributed by atoms with van der Waals surface area (Å²) in [5, 5.41) is 11.8. The maximum absolute atomic E-state index is 12.0. The number of aromatic carboxylic acids is 1. The van der Waals surface area contributed by atoms with E-state index in [4.69, 9.17) is 5.11 Å². The summed E-state index contributed by atoms with van der Waals surface area (Å²) in [5.74, 6) is -1.18. The Kier molecular flexibility index (Phi) is 4.62. The van der Waals surface area contributed by atoms with Crippen LogP contribution in [0.1, 0.15) is 28.8 Å². The third kappa shape index (κ3) is 4.29. The lowest BCUT2D eigenvalue weighted by Gasteiger charge is -2.23. The summed E-state index contributed by atoms with van der Waals surface area (Å²) in [6.45, 7) is 0. The molecule has 1 aromatic rings. The van der Waals surface area contributed by atoms with Gasteiger partial charge in [-0.25, -0.2) is 13.2 Å². The second-order valence-corrected chi connectivity index (χ2v) is 7.44. The molecule has 1 heterocycles. The SMILES string of the molecule is O=C(Cc1ccccc1C(=O)O)NC1CCS(=O)(=O)CC1. The summed E-state index contributed by atoms with van der Waals surface area (Å²) < 4.78 is 22.6. The number of sulfone groups is 1. The number of amides is 1. The van der Waals surface area contributed by atoms with Crippen LogP contribution < -0.4 is 5.32 Å². The van der Waals surface area contributed by atoms with Crippen molar-refractivity contribution >= 4 is 21.7 Å². The van der Waals surface area contributed by atoms with Crippen molar-refractivity contribution in [2.45, 2.75) is 25.3 Å². The van der Waals surface area contributed by atoms with Crippen LogP contribution >= 0.6 is 0 Å². The van der Waals surface area contributed by atoms with Gasteiger partial charge in [0.25, 0.3) is 0 Å². The molecule has 114 valence electrons. The number of benzene rings is 1. The molecule has 1 aliphatic heterocycles. The Morgan fingerprint density at radius 3 is 2.43 bits per heavy atom. The lowest BCUT2D eigenvalue weighted by molar-refractivity contribution is -0.121. The summed E-state index contributed by atoms with van der Waals surface area (Å²) in [7, 11) is -2.96. The summed E-state index contributed by atoms with van der Waals surface area (Å²) >= 11 is 0. The van der Waals surface area contributed by atoms with Crippen LogP contribution in [-0.4, -0.2) is 42.9 Å².